The Morgan fingerprint density at radius 3 is 2.63 bits per heavy atom. The molecule has 1 amide bonds. The molecule has 1 N–H and O–H groups in total. The number of hydrogen-bond acceptors (Lipinski definition) is 5. The molecule has 1 aromatic carbocycles. The summed E-state index contributed by atoms with van der Waals surface area (Å²) in [6, 6.07) is 14.0. The lowest BCUT2D eigenvalue weighted by Crippen LogP contribution is -2.38. The number of anilines is 2. The molecule has 0 spiro atoms. The zero-order chi connectivity index (χ0) is 18.6. The largest absolute Gasteiger partial charge is 0.355 e. The summed E-state index contributed by atoms with van der Waals surface area (Å²) in [6.45, 7) is 1.49. The number of nitrogens with zero attached hydrogens (tertiary/aromatic N) is 3. The zero-order valence-corrected chi connectivity index (χ0v) is 15.5. The van der Waals surface area contributed by atoms with E-state index in [9.17, 15) is 9.18 Å². The second-order valence-corrected chi connectivity index (χ2v) is 7.46. The third-order valence-corrected chi connectivity index (χ3v) is 5.60. The number of hydrogen-bond donors (Lipinski definition) is 1. The van der Waals surface area contributed by atoms with Crippen LogP contribution < -0.4 is 10.2 Å². The number of carbonyl (C=O) groups is 1. The van der Waals surface area contributed by atoms with Crippen LogP contribution in [0.3, 0.4) is 0 Å². The van der Waals surface area contributed by atoms with E-state index >= 15 is 0 Å². The van der Waals surface area contributed by atoms with E-state index in [1.807, 2.05) is 29.6 Å². The van der Waals surface area contributed by atoms with Crippen LogP contribution in [-0.4, -0.2) is 29.2 Å². The van der Waals surface area contributed by atoms with Gasteiger partial charge in [-0.25, -0.2) is 4.39 Å². The van der Waals surface area contributed by atoms with E-state index in [4.69, 9.17) is 0 Å². The molecule has 0 bridgehead atoms. The summed E-state index contributed by atoms with van der Waals surface area (Å²) in [4.78, 5) is 15.7. The summed E-state index contributed by atoms with van der Waals surface area (Å²) in [5, 5.41) is 13.5. The second kappa shape index (κ2) is 7.84. The highest BCUT2D eigenvalue weighted by Gasteiger charge is 2.26. The van der Waals surface area contributed by atoms with Crippen molar-refractivity contribution in [2.75, 3.05) is 23.3 Å². The van der Waals surface area contributed by atoms with E-state index in [2.05, 4.69) is 20.4 Å². The van der Waals surface area contributed by atoms with Crippen LogP contribution in [-0.2, 0) is 4.79 Å². The molecule has 0 saturated carbocycles. The van der Waals surface area contributed by atoms with Crippen molar-refractivity contribution in [3.63, 3.8) is 0 Å². The number of carbonyl (C=O) groups excluding carboxylic acids is 1. The molecule has 138 valence electrons. The summed E-state index contributed by atoms with van der Waals surface area (Å²) in [6.07, 6.45) is 1.46. The van der Waals surface area contributed by atoms with E-state index in [0.29, 0.717) is 5.69 Å². The molecule has 1 aliphatic rings. The minimum absolute atomic E-state index is 0.0561. The van der Waals surface area contributed by atoms with Crippen molar-refractivity contribution in [1.82, 2.24) is 10.2 Å². The number of nitrogens with one attached hydrogen (secondary N) is 1. The minimum Gasteiger partial charge on any atom is -0.355 e. The fourth-order valence-electron chi connectivity index (χ4n) is 3.23. The smallest absolute Gasteiger partial charge is 0.227 e. The van der Waals surface area contributed by atoms with Crippen LogP contribution in [0, 0.1) is 11.7 Å². The first kappa shape index (κ1) is 17.6. The third-order valence-electron chi connectivity index (χ3n) is 4.71. The molecule has 2 aromatic heterocycles. The van der Waals surface area contributed by atoms with Gasteiger partial charge in [-0.15, -0.1) is 21.5 Å². The van der Waals surface area contributed by atoms with Gasteiger partial charge in [-0.05, 0) is 54.6 Å². The molecular formula is C20H19FN4OS. The Kier molecular flexibility index (Phi) is 5.11. The minimum atomic E-state index is -0.354. The summed E-state index contributed by atoms with van der Waals surface area (Å²) < 4.78 is 13.2. The highest BCUT2D eigenvalue weighted by molar-refractivity contribution is 7.13. The molecule has 0 unspecified atom stereocenters. The summed E-state index contributed by atoms with van der Waals surface area (Å²) >= 11 is 1.64. The predicted molar refractivity (Wildman–Crippen MR) is 105 cm³/mol. The molecule has 4 rings (SSSR count). The molecule has 1 saturated heterocycles. The van der Waals surface area contributed by atoms with Crippen molar-refractivity contribution < 1.29 is 9.18 Å². The highest BCUT2D eigenvalue weighted by Crippen LogP contribution is 2.26. The van der Waals surface area contributed by atoms with E-state index in [-0.39, 0.29) is 17.6 Å². The lowest BCUT2D eigenvalue weighted by molar-refractivity contribution is -0.120. The van der Waals surface area contributed by atoms with Crippen molar-refractivity contribution in [2.45, 2.75) is 12.8 Å². The predicted octanol–water partition coefficient (Wildman–Crippen LogP) is 4.20. The maximum atomic E-state index is 13.2. The summed E-state index contributed by atoms with van der Waals surface area (Å²) in [5.41, 5.74) is 1.37. The number of piperidine rings is 1. The van der Waals surface area contributed by atoms with Gasteiger partial charge >= 0.3 is 0 Å². The number of benzene rings is 1. The van der Waals surface area contributed by atoms with E-state index in [1.165, 1.54) is 12.1 Å². The Hall–Kier alpha value is -2.80. The fraction of sp³-hybridized carbons (Fsp3) is 0.250. The van der Waals surface area contributed by atoms with Crippen LogP contribution in [0.1, 0.15) is 12.8 Å². The maximum Gasteiger partial charge on any atom is 0.227 e. The summed E-state index contributed by atoms with van der Waals surface area (Å²) in [5.74, 6) is 0.341. The van der Waals surface area contributed by atoms with E-state index in [0.717, 1.165) is 42.3 Å². The van der Waals surface area contributed by atoms with Gasteiger partial charge in [-0.2, -0.15) is 0 Å². The average Bonchev–Trinajstić information content (AvgIpc) is 3.23. The zero-order valence-electron chi connectivity index (χ0n) is 14.6. The topological polar surface area (TPSA) is 58.1 Å². The Bertz CT molecular complexity index is 906. The van der Waals surface area contributed by atoms with Gasteiger partial charge in [-0.1, -0.05) is 12.1 Å². The van der Waals surface area contributed by atoms with Gasteiger partial charge in [0, 0.05) is 24.7 Å². The van der Waals surface area contributed by atoms with Crippen molar-refractivity contribution in [1.29, 1.82) is 0 Å². The van der Waals surface area contributed by atoms with Gasteiger partial charge in [0.05, 0.1) is 4.88 Å². The van der Waals surface area contributed by atoms with Gasteiger partial charge in [0.15, 0.2) is 5.82 Å². The molecule has 3 heterocycles. The Balaban J connectivity index is 1.34. The van der Waals surface area contributed by atoms with Crippen molar-refractivity contribution in [3.05, 3.63) is 59.7 Å². The van der Waals surface area contributed by atoms with Gasteiger partial charge in [0.25, 0.3) is 0 Å². The molecule has 1 aliphatic heterocycles. The van der Waals surface area contributed by atoms with Gasteiger partial charge in [-0.3, -0.25) is 4.79 Å². The summed E-state index contributed by atoms with van der Waals surface area (Å²) in [7, 11) is 0. The number of halogens is 1. The lowest BCUT2D eigenvalue weighted by Gasteiger charge is -2.31. The first-order chi connectivity index (χ1) is 13.2. The maximum absolute atomic E-state index is 13.2. The third kappa shape index (κ3) is 4.14. The van der Waals surface area contributed by atoms with Crippen molar-refractivity contribution in [2.24, 2.45) is 5.92 Å². The molecule has 27 heavy (non-hydrogen) atoms. The highest BCUT2D eigenvalue weighted by atomic mass is 32.1. The standard InChI is InChI=1S/C20H19FN4OS/c21-15-3-1-4-16(13-15)22-20(26)14-8-10-25(11-9-14)19-7-6-17(23-24-19)18-5-2-12-27-18/h1-7,12-14H,8-11H2,(H,22,26). The quantitative estimate of drug-likeness (QED) is 0.735. The van der Waals surface area contributed by atoms with Gasteiger partial charge in [0.2, 0.25) is 5.91 Å². The van der Waals surface area contributed by atoms with Crippen molar-refractivity contribution >= 4 is 28.7 Å². The van der Waals surface area contributed by atoms with Gasteiger partial charge in [0.1, 0.15) is 11.5 Å². The average molecular weight is 382 g/mol. The van der Waals surface area contributed by atoms with Crippen LogP contribution >= 0.6 is 11.3 Å². The molecule has 0 aliphatic carbocycles. The van der Waals surface area contributed by atoms with Crippen LogP contribution in [0.25, 0.3) is 10.6 Å². The molecule has 3 aromatic rings. The van der Waals surface area contributed by atoms with E-state index < -0.39 is 0 Å². The number of rotatable bonds is 4. The van der Waals surface area contributed by atoms with Crippen molar-refractivity contribution in [3.8, 4) is 10.6 Å². The second-order valence-electron chi connectivity index (χ2n) is 6.51. The molecule has 1 fully saturated rings. The Morgan fingerprint density at radius 1 is 1.11 bits per heavy atom. The van der Waals surface area contributed by atoms with Crippen LogP contribution in [0.5, 0.6) is 0 Å². The molecule has 0 radical (unpaired) electrons. The fourth-order valence-corrected chi connectivity index (χ4v) is 3.92. The van der Waals surface area contributed by atoms with E-state index in [1.54, 1.807) is 23.5 Å². The van der Waals surface area contributed by atoms with Crippen LogP contribution in [0.2, 0.25) is 0 Å². The first-order valence-corrected chi connectivity index (χ1v) is 9.76. The van der Waals surface area contributed by atoms with Gasteiger partial charge < -0.3 is 10.2 Å². The van der Waals surface area contributed by atoms with Crippen LogP contribution in [0.4, 0.5) is 15.9 Å². The van der Waals surface area contributed by atoms with Crippen LogP contribution in [0.15, 0.2) is 53.9 Å². The Labute approximate surface area is 160 Å². The monoisotopic (exact) mass is 382 g/mol. The number of thiophene rings is 1. The number of amides is 1. The molecule has 5 nitrogen and oxygen atoms in total. The first-order valence-electron chi connectivity index (χ1n) is 8.88. The molecule has 7 heteroatoms. The lowest BCUT2D eigenvalue weighted by atomic mass is 9.96. The molecule has 0 atom stereocenters. The Morgan fingerprint density at radius 2 is 1.96 bits per heavy atom. The molecular weight excluding hydrogens is 363 g/mol. The SMILES string of the molecule is O=C(Nc1cccc(F)c1)C1CCN(c2ccc(-c3cccs3)nn2)CC1. The normalized spacial score (nSPS) is 14.9. The number of aromatic nitrogens is 2.